The molecule has 194 valence electrons. The zero-order chi connectivity index (χ0) is 26.7. The molecule has 0 fully saturated rings. The SMILES string of the molecule is CCOC(=O)Cn1c(=NC(=O)c2ccc(S(=O)(=O)N(CC)CC)cc2)sc2cc(S(N)(=O)=O)ccc21. The molecule has 14 heteroatoms. The van der Waals surface area contributed by atoms with Gasteiger partial charge in [0.25, 0.3) is 5.91 Å². The zero-order valence-electron chi connectivity index (χ0n) is 19.9. The quantitative estimate of drug-likeness (QED) is 0.394. The lowest BCUT2D eigenvalue weighted by atomic mass is 10.2. The first kappa shape index (κ1) is 27.7. The fraction of sp³-hybridized carbons (Fsp3) is 0.318. The fourth-order valence-electron chi connectivity index (χ4n) is 3.44. The molecule has 0 unspecified atom stereocenters. The fourth-order valence-corrected chi connectivity index (χ4v) is 6.58. The number of aromatic nitrogens is 1. The summed E-state index contributed by atoms with van der Waals surface area (Å²) in [4.78, 5) is 29.3. The molecular weight excluding hydrogens is 528 g/mol. The van der Waals surface area contributed by atoms with Gasteiger partial charge in [0.1, 0.15) is 6.54 Å². The van der Waals surface area contributed by atoms with Gasteiger partial charge in [-0.25, -0.2) is 22.0 Å². The highest BCUT2D eigenvalue weighted by Crippen LogP contribution is 2.22. The molecule has 2 aromatic carbocycles. The lowest BCUT2D eigenvalue weighted by Crippen LogP contribution is -2.30. The Hall–Kier alpha value is -2.91. The van der Waals surface area contributed by atoms with E-state index in [2.05, 4.69) is 4.99 Å². The Morgan fingerprint density at radius 3 is 2.17 bits per heavy atom. The van der Waals surface area contributed by atoms with Crippen LogP contribution in [0, 0.1) is 0 Å². The number of hydrogen-bond donors (Lipinski definition) is 1. The maximum absolute atomic E-state index is 12.9. The van der Waals surface area contributed by atoms with Crippen molar-refractivity contribution in [2.24, 2.45) is 10.1 Å². The molecule has 0 bridgehead atoms. The predicted molar refractivity (Wildman–Crippen MR) is 134 cm³/mol. The topological polar surface area (TPSA) is 158 Å². The Kier molecular flexibility index (Phi) is 8.46. The molecule has 0 atom stereocenters. The van der Waals surface area contributed by atoms with Crippen LogP contribution in [0.1, 0.15) is 31.1 Å². The summed E-state index contributed by atoms with van der Waals surface area (Å²) >= 11 is 1.000. The van der Waals surface area contributed by atoms with Crippen molar-refractivity contribution in [2.45, 2.75) is 37.1 Å². The summed E-state index contributed by atoms with van der Waals surface area (Å²) in [5.41, 5.74) is 0.603. The van der Waals surface area contributed by atoms with Gasteiger partial charge < -0.3 is 9.30 Å². The van der Waals surface area contributed by atoms with E-state index in [-0.39, 0.29) is 33.3 Å². The molecule has 1 amide bonds. The van der Waals surface area contributed by atoms with Crippen molar-refractivity contribution in [3.63, 3.8) is 0 Å². The van der Waals surface area contributed by atoms with E-state index in [1.54, 1.807) is 20.8 Å². The number of esters is 1. The predicted octanol–water partition coefficient (Wildman–Crippen LogP) is 1.68. The third kappa shape index (κ3) is 5.90. The van der Waals surface area contributed by atoms with Crippen molar-refractivity contribution in [3.8, 4) is 0 Å². The largest absolute Gasteiger partial charge is 0.465 e. The molecule has 2 N–H and O–H groups in total. The molecule has 1 heterocycles. The second kappa shape index (κ2) is 11.0. The number of primary sulfonamides is 1. The van der Waals surface area contributed by atoms with E-state index < -0.39 is 31.9 Å². The minimum absolute atomic E-state index is 0.0533. The van der Waals surface area contributed by atoms with Crippen LogP contribution in [0.15, 0.2) is 57.2 Å². The Bertz CT molecular complexity index is 1570. The second-order valence-electron chi connectivity index (χ2n) is 7.48. The number of nitrogens with zero attached hydrogens (tertiary/aromatic N) is 3. The summed E-state index contributed by atoms with van der Waals surface area (Å²) in [6.07, 6.45) is 0. The highest BCUT2D eigenvalue weighted by atomic mass is 32.2. The van der Waals surface area contributed by atoms with Gasteiger partial charge in [-0.15, -0.1) is 0 Å². The molecule has 0 radical (unpaired) electrons. The number of sulfonamides is 2. The monoisotopic (exact) mass is 554 g/mol. The molecule has 0 saturated carbocycles. The molecule has 3 rings (SSSR count). The number of ether oxygens (including phenoxy) is 1. The number of benzene rings is 2. The van der Waals surface area contributed by atoms with Gasteiger partial charge in [0.05, 0.1) is 26.6 Å². The third-order valence-electron chi connectivity index (χ3n) is 5.22. The van der Waals surface area contributed by atoms with E-state index in [4.69, 9.17) is 9.88 Å². The van der Waals surface area contributed by atoms with Crippen LogP contribution in [0.25, 0.3) is 10.2 Å². The maximum atomic E-state index is 12.9. The number of carbonyl (C=O) groups is 2. The van der Waals surface area contributed by atoms with Crippen LogP contribution in [0.3, 0.4) is 0 Å². The van der Waals surface area contributed by atoms with Gasteiger partial charge in [0.15, 0.2) is 4.80 Å². The van der Waals surface area contributed by atoms with Crippen LogP contribution < -0.4 is 9.94 Å². The van der Waals surface area contributed by atoms with Crippen LogP contribution in [-0.2, 0) is 36.1 Å². The van der Waals surface area contributed by atoms with Crippen LogP contribution in [-0.4, -0.2) is 57.3 Å². The standard InChI is InChI=1S/C22H26N4O7S3/c1-4-25(5-2)36(31,32)16-9-7-15(8-10-16)21(28)24-22-26(14-20(27)33-6-3)18-12-11-17(35(23,29)30)13-19(18)34-22/h7-13H,4-6,14H2,1-3H3,(H2,23,29,30). The number of rotatable bonds is 9. The summed E-state index contributed by atoms with van der Waals surface area (Å²) in [7, 11) is -7.65. The van der Waals surface area contributed by atoms with Gasteiger partial charge in [-0.3, -0.25) is 9.59 Å². The Balaban J connectivity index is 2.06. The number of fused-ring (bicyclic) bond motifs is 1. The van der Waals surface area contributed by atoms with Crippen LogP contribution >= 0.6 is 11.3 Å². The van der Waals surface area contributed by atoms with Crippen molar-refractivity contribution < 1.29 is 31.2 Å². The van der Waals surface area contributed by atoms with E-state index in [1.807, 2.05) is 0 Å². The minimum atomic E-state index is -3.97. The van der Waals surface area contributed by atoms with Gasteiger partial charge in [0.2, 0.25) is 20.0 Å². The van der Waals surface area contributed by atoms with Gasteiger partial charge in [-0.05, 0) is 49.4 Å². The normalized spacial score (nSPS) is 12.9. The summed E-state index contributed by atoms with van der Waals surface area (Å²) in [6, 6.07) is 9.52. The van der Waals surface area contributed by atoms with Gasteiger partial charge in [0, 0.05) is 18.7 Å². The lowest BCUT2D eigenvalue weighted by molar-refractivity contribution is -0.143. The number of nitrogens with two attached hydrogens (primary N) is 1. The van der Waals surface area contributed by atoms with Crippen LogP contribution in [0.5, 0.6) is 0 Å². The van der Waals surface area contributed by atoms with Gasteiger partial charge in [-0.2, -0.15) is 9.30 Å². The maximum Gasteiger partial charge on any atom is 0.326 e. The van der Waals surface area contributed by atoms with E-state index >= 15 is 0 Å². The first-order valence-corrected chi connectivity index (χ1v) is 14.7. The van der Waals surface area contributed by atoms with Crippen LogP contribution in [0.4, 0.5) is 0 Å². The highest BCUT2D eigenvalue weighted by molar-refractivity contribution is 7.89. The van der Waals surface area contributed by atoms with Crippen molar-refractivity contribution in [3.05, 3.63) is 52.8 Å². The smallest absolute Gasteiger partial charge is 0.326 e. The Morgan fingerprint density at radius 2 is 1.61 bits per heavy atom. The summed E-state index contributed by atoms with van der Waals surface area (Å²) in [5.74, 6) is -1.23. The molecule has 0 aliphatic rings. The molecule has 1 aromatic heterocycles. The number of hydrogen-bond acceptors (Lipinski definition) is 8. The molecule has 0 spiro atoms. The highest BCUT2D eigenvalue weighted by Gasteiger charge is 2.22. The van der Waals surface area contributed by atoms with Crippen molar-refractivity contribution in [1.82, 2.24) is 8.87 Å². The van der Waals surface area contributed by atoms with Gasteiger partial charge >= 0.3 is 5.97 Å². The first-order valence-electron chi connectivity index (χ1n) is 10.9. The molecular formula is C22H26N4O7S3. The second-order valence-corrected chi connectivity index (χ2v) is 12.0. The molecule has 11 nitrogen and oxygen atoms in total. The van der Waals surface area contributed by atoms with Gasteiger partial charge in [-0.1, -0.05) is 25.2 Å². The lowest BCUT2D eigenvalue weighted by Gasteiger charge is -2.18. The summed E-state index contributed by atoms with van der Waals surface area (Å²) < 4.78 is 57.1. The Morgan fingerprint density at radius 1 is 1.00 bits per heavy atom. The molecule has 0 aliphatic heterocycles. The van der Waals surface area contributed by atoms with Crippen LogP contribution in [0.2, 0.25) is 0 Å². The van der Waals surface area contributed by atoms with E-state index in [0.29, 0.717) is 23.3 Å². The number of carbonyl (C=O) groups excluding carboxylic acids is 2. The number of thiazole rings is 1. The average Bonchev–Trinajstić information content (AvgIpc) is 3.15. The average molecular weight is 555 g/mol. The summed E-state index contributed by atoms with van der Waals surface area (Å²) in [5, 5.41) is 5.22. The summed E-state index contributed by atoms with van der Waals surface area (Å²) in [6.45, 7) is 5.66. The Labute approximate surface area is 212 Å². The molecule has 0 saturated heterocycles. The molecule has 36 heavy (non-hydrogen) atoms. The zero-order valence-corrected chi connectivity index (χ0v) is 22.3. The minimum Gasteiger partial charge on any atom is -0.465 e. The van der Waals surface area contributed by atoms with Crippen molar-refractivity contribution >= 4 is 53.5 Å². The van der Waals surface area contributed by atoms with E-state index in [0.717, 1.165) is 11.3 Å². The van der Waals surface area contributed by atoms with Crippen molar-refractivity contribution in [2.75, 3.05) is 19.7 Å². The molecule has 0 aliphatic carbocycles. The first-order chi connectivity index (χ1) is 16.9. The van der Waals surface area contributed by atoms with E-state index in [1.165, 1.54) is 51.3 Å². The van der Waals surface area contributed by atoms with E-state index in [9.17, 15) is 26.4 Å². The third-order valence-corrected chi connectivity index (χ3v) is 9.23. The molecule has 3 aromatic rings. The number of amides is 1. The van der Waals surface area contributed by atoms with Crippen molar-refractivity contribution in [1.29, 1.82) is 0 Å².